The van der Waals surface area contributed by atoms with E-state index in [4.69, 9.17) is 0 Å². The van der Waals surface area contributed by atoms with Crippen molar-refractivity contribution >= 4 is 69.1 Å². The summed E-state index contributed by atoms with van der Waals surface area (Å²) in [6, 6.07) is 62.4. The highest BCUT2D eigenvalue weighted by Crippen LogP contribution is 2.38. The summed E-state index contributed by atoms with van der Waals surface area (Å²) in [7, 11) is 0. The van der Waals surface area contributed by atoms with Gasteiger partial charge in [-0.05, 0) is 125 Å². The van der Waals surface area contributed by atoms with Crippen molar-refractivity contribution in [3.8, 4) is 0 Å². The van der Waals surface area contributed by atoms with E-state index in [1.165, 1.54) is 24.3 Å². The average molecular weight is 875 g/mol. The predicted molar refractivity (Wildman–Crippen MR) is 262 cm³/mol. The van der Waals surface area contributed by atoms with Crippen molar-refractivity contribution in [2.75, 3.05) is 0 Å². The number of fused-ring (bicyclic) bond motifs is 2. The molecule has 0 amide bonds. The highest BCUT2D eigenvalue weighted by Gasteiger charge is 2.31. The first-order valence-electron chi connectivity index (χ1n) is 21.4. The van der Waals surface area contributed by atoms with Crippen LogP contribution in [-0.4, -0.2) is 0 Å². The van der Waals surface area contributed by atoms with Crippen LogP contribution < -0.4 is 0 Å². The van der Waals surface area contributed by atoms with Crippen LogP contribution in [0.2, 0.25) is 0 Å². The summed E-state index contributed by atoms with van der Waals surface area (Å²) in [5, 5.41) is 4.21. The third-order valence-corrected chi connectivity index (χ3v) is 11.7. The fourth-order valence-electron chi connectivity index (χ4n) is 8.38. The lowest BCUT2D eigenvalue weighted by Crippen LogP contribution is -2.04. The molecule has 0 aliphatic rings. The van der Waals surface area contributed by atoms with Crippen LogP contribution in [0, 0.1) is 0 Å². The van der Waals surface area contributed by atoms with Crippen LogP contribution in [0.15, 0.2) is 206 Å². The van der Waals surface area contributed by atoms with E-state index in [0.717, 1.165) is 101 Å². The second-order valence-electron chi connectivity index (χ2n) is 15.8. The van der Waals surface area contributed by atoms with Gasteiger partial charge in [0.05, 0.1) is 11.1 Å². The maximum absolute atomic E-state index is 13.5. The first-order valence-corrected chi connectivity index (χ1v) is 21.4. The second kappa shape index (κ2) is 18.6. The molecule has 0 unspecified atom stereocenters. The fourth-order valence-corrected chi connectivity index (χ4v) is 8.38. The molecule has 9 aromatic carbocycles. The molecule has 0 N–H and O–H groups in total. The van der Waals surface area contributed by atoms with Gasteiger partial charge in [-0.3, -0.25) is 0 Å². The molecule has 6 heteroatoms. The number of halogens is 6. The highest BCUT2D eigenvalue weighted by atomic mass is 19.4. The monoisotopic (exact) mass is 874 g/mol. The van der Waals surface area contributed by atoms with Crippen molar-refractivity contribution in [2.45, 2.75) is 12.4 Å². The van der Waals surface area contributed by atoms with E-state index in [1.54, 1.807) is 0 Å². The Kier molecular flexibility index (Phi) is 12.2. The maximum atomic E-state index is 13.5. The molecule has 0 spiro atoms. The van der Waals surface area contributed by atoms with Gasteiger partial charge in [0.25, 0.3) is 0 Å². The van der Waals surface area contributed by atoms with Crippen molar-refractivity contribution in [1.82, 2.24) is 0 Å². The van der Waals surface area contributed by atoms with Gasteiger partial charge in [-0.25, -0.2) is 0 Å². The van der Waals surface area contributed by atoms with E-state index >= 15 is 0 Å². The molecule has 0 saturated heterocycles. The van der Waals surface area contributed by atoms with Crippen LogP contribution in [0.5, 0.6) is 0 Å². The van der Waals surface area contributed by atoms with Crippen LogP contribution in [0.3, 0.4) is 0 Å². The van der Waals surface area contributed by atoms with Gasteiger partial charge in [-0.1, -0.05) is 206 Å². The minimum Gasteiger partial charge on any atom is -0.166 e. The Bertz CT molecular complexity index is 3000. The Morgan fingerprint density at radius 1 is 0.273 bits per heavy atom. The van der Waals surface area contributed by atoms with Gasteiger partial charge >= 0.3 is 12.4 Å². The number of benzene rings is 9. The topological polar surface area (TPSA) is 0 Å². The molecular formula is C60H40F6. The van der Waals surface area contributed by atoms with Gasteiger partial charge < -0.3 is 0 Å². The third kappa shape index (κ3) is 9.45. The van der Waals surface area contributed by atoms with Crippen molar-refractivity contribution in [2.24, 2.45) is 0 Å². The summed E-state index contributed by atoms with van der Waals surface area (Å²) in [6.45, 7) is 0. The molecule has 0 atom stereocenters. The fraction of sp³-hybridized carbons (Fsp3) is 0.0333. The standard InChI is InChI=1S/C60H40F6/c61-59(62,63)49-33-27-45(28-34-49)57(43-17-3-1-4-18-43)39-47-21-9-7-15-41(47)31-37-55-51-23-11-13-25-53(51)56(54-26-14-12-24-52(54)55)38-32-42-16-8-10-22-48(42)40-58(44-19-5-2-6-20-44)46-29-35-50(36-30-46)60(64,65)66/h1-40H/b37-31?,38-32?,57-39-,58-40-. The maximum Gasteiger partial charge on any atom is 0.416 e. The quantitative estimate of drug-likeness (QED) is 0.0730. The summed E-state index contributed by atoms with van der Waals surface area (Å²) in [4.78, 5) is 0. The van der Waals surface area contributed by atoms with E-state index in [-0.39, 0.29) is 0 Å². The van der Waals surface area contributed by atoms with Crippen LogP contribution in [0.4, 0.5) is 26.3 Å². The van der Waals surface area contributed by atoms with E-state index in [1.807, 2.05) is 146 Å². The lowest BCUT2D eigenvalue weighted by atomic mass is 9.90. The summed E-state index contributed by atoms with van der Waals surface area (Å²) in [5.41, 5.74) is 9.06. The normalized spacial score (nSPS) is 12.8. The molecule has 322 valence electrons. The van der Waals surface area contributed by atoms with Gasteiger partial charge in [-0.15, -0.1) is 0 Å². The SMILES string of the molecule is FC(F)(F)c1ccc(/C(=C\c2ccccc2C=Cc2c3ccccc3c(C=Cc3ccccc3/C=C(/c3ccccc3)c3ccc(C(F)(F)F)cc3)c3ccccc23)c2ccccc2)cc1. The molecule has 9 rings (SSSR count). The van der Waals surface area contributed by atoms with Gasteiger partial charge in [0.15, 0.2) is 0 Å². The Morgan fingerprint density at radius 3 is 0.864 bits per heavy atom. The minimum atomic E-state index is -4.44. The highest BCUT2D eigenvalue weighted by molar-refractivity contribution is 6.14. The lowest BCUT2D eigenvalue weighted by Gasteiger charge is -2.14. The molecule has 0 radical (unpaired) electrons. The summed E-state index contributed by atoms with van der Waals surface area (Å²) >= 11 is 0. The average Bonchev–Trinajstić information content (AvgIpc) is 3.34. The molecule has 0 fully saturated rings. The van der Waals surface area contributed by atoms with E-state index in [2.05, 4.69) is 48.6 Å². The molecule has 66 heavy (non-hydrogen) atoms. The molecule has 0 aliphatic carbocycles. The Hall–Kier alpha value is -7.96. The van der Waals surface area contributed by atoms with Crippen molar-refractivity contribution < 1.29 is 26.3 Å². The largest absolute Gasteiger partial charge is 0.416 e. The Balaban J connectivity index is 1.12. The van der Waals surface area contributed by atoms with E-state index in [9.17, 15) is 26.3 Å². The molecule has 0 aliphatic heterocycles. The first kappa shape index (κ1) is 43.3. The van der Waals surface area contributed by atoms with Gasteiger partial charge in [-0.2, -0.15) is 26.3 Å². The van der Waals surface area contributed by atoms with E-state index < -0.39 is 23.5 Å². The first-order chi connectivity index (χ1) is 32.0. The van der Waals surface area contributed by atoms with Crippen molar-refractivity contribution in [1.29, 1.82) is 0 Å². The number of hydrogen-bond acceptors (Lipinski definition) is 0. The van der Waals surface area contributed by atoms with Crippen LogP contribution in [0.1, 0.15) is 66.8 Å². The summed E-state index contributed by atoms with van der Waals surface area (Å²) < 4.78 is 81.2. The molecule has 0 nitrogen and oxygen atoms in total. The van der Waals surface area contributed by atoms with Crippen LogP contribution >= 0.6 is 0 Å². The van der Waals surface area contributed by atoms with Crippen molar-refractivity contribution in [3.63, 3.8) is 0 Å². The smallest absolute Gasteiger partial charge is 0.166 e. The number of rotatable bonds is 10. The Morgan fingerprint density at radius 2 is 0.545 bits per heavy atom. The number of alkyl halides is 6. The molecule has 9 aromatic rings. The summed E-state index contributed by atoms with van der Waals surface area (Å²) in [5.74, 6) is 0. The zero-order valence-electron chi connectivity index (χ0n) is 35.4. The van der Waals surface area contributed by atoms with Crippen LogP contribution in [0.25, 0.3) is 69.1 Å². The van der Waals surface area contributed by atoms with Crippen molar-refractivity contribution in [3.05, 3.63) is 273 Å². The van der Waals surface area contributed by atoms with Crippen LogP contribution in [-0.2, 0) is 12.4 Å². The Labute approximate surface area is 379 Å². The number of hydrogen-bond donors (Lipinski definition) is 0. The summed E-state index contributed by atoms with van der Waals surface area (Å²) in [6.07, 6.45) is 3.64. The predicted octanol–water partition coefficient (Wildman–Crippen LogP) is 17.5. The molecule has 0 heterocycles. The lowest BCUT2D eigenvalue weighted by molar-refractivity contribution is -0.138. The molecule has 0 bridgehead atoms. The zero-order valence-corrected chi connectivity index (χ0v) is 35.4. The van der Waals surface area contributed by atoms with Gasteiger partial charge in [0.2, 0.25) is 0 Å². The molecule has 0 saturated carbocycles. The molecule has 0 aromatic heterocycles. The van der Waals surface area contributed by atoms with Gasteiger partial charge in [0.1, 0.15) is 0 Å². The molecular weight excluding hydrogens is 835 g/mol. The minimum absolute atomic E-state index is 0.669. The van der Waals surface area contributed by atoms with Gasteiger partial charge in [0, 0.05) is 0 Å². The zero-order chi connectivity index (χ0) is 45.7. The third-order valence-electron chi connectivity index (χ3n) is 11.7. The second-order valence-corrected chi connectivity index (χ2v) is 15.8. The van der Waals surface area contributed by atoms with E-state index in [0.29, 0.717) is 11.1 Å².